The van der Waals surface area contributed by atoms with E-state index in [0.717, 1.165) is 18.5 Å². The van der Waals surface area contributed by atoms with Crippen molar-refractivity contribution >= 4 is 11.6 Å². The molecule has 0 bridgehead atoms. The monoisotopic (exact) mass is 307 g/mol. The van der Waals surface area contributed by atoms with Crippen LogP contribution in [-0.4, -0.2) is 13.1 Å². The van der Waals surface area contributed by atoms with Crippen LogP contribution >= 0.6 is 11.6 Å². The molecule has 3 rings (SSSR count). The molecule has 1 nitrogen and oxygen atoms in total. The fourth-order valence-corrected chi connectivity index (χ4v) is 3.31. The Balaban J connectivity index is 2.00. The topological polar surface area (TPSA) is 12.0 Å². The van der Waals surface area contributed by atoms with Gasteiger partial charge in [-0.1, -0.05) is 35.9 Å². The minimum absolute atomic E-state index is 0.00625. The molecule has 2 aromatic rings. The third-order valence-corrected chi connectivity index (χ3v) is 4.43. The lowest BCUT2D eigenvalue weighted by atomic mass is 9.77. The van der Waals surface area contributed by atoms with Gasteiger partial charge in [0.2, 0.25) is 0 Å². The number of benzene rings is 2. The molecule has 110 valence electrons. The highest BCUT2D eigenvalue weighted by atomic mass is 35.5. The van der Waals surface area contributed by atoms with E-state index in [2.05, 4.69) is 5.32 Å². The summed E-state index contributed by atoms with van der Waals surface area (Å²) in [4.78, 5) is 0. The standard InChI is InChI=1S/C17H16ClF2N/c18-16-6-2-5-14(17(16)20)13-7-8-21-10-15(13)11-3-1-4-12(19)9-11/h1-6,9,13,15,21H,7-8,10H2. The van der Waals surface area contributed by atoms with Gasteiger partial charge in [-0.2, -0.15) is 0 Å². The predicted molar refractivity (Wildman–Crippen MR) is 80.8 cm³/mol. The normalized spacial score (nSPS) is 22.2. The van der Waals surface area contributed by atoms with E-state index >= 15 is 0 Å². The van der Waals surface area contributed by atoms with Gasteiger partial charge in [-0.05, 0) is 48.2 Å². The van der Waals surface area contributed by atoms with Gasteiger partial charge in [0, 0.05) is 12.5 Å². The van der Waals surface area contributed by atoms with E-state index in [1.54, 1.807) is 24.3 Å². The number of piperidine rings is 1. The van der Waals surface area contributed by atoms with Gasteiger partial charge in [0.25, 0.3) is 0 Å². The van der Waals surface area contributed by atoms with Crippen molar-refractivity contribution < 1.29 is 8.78 Å². The van der Waals surface area contributed by atoms with E-state index in [1.807, 2.05) is 6.07 Å². The molecule has 0 aromatic heterocycles. The van der Waals surface area contributed by atoms with Gasteiger partial charge in [-0.15, -0.1) is 0 Å². The molecule has 0 radical (unpaired) electrons. The van der Waals surface area contributed by atoms with E-state index in [1.165, 1.54) is 12.1 Å². The summed E-state index contributed by atoms with van der Waals surface area (Å²) in [6.45, 7) is 1.53. The fraction of sp³-hybridized carbons (Fsp3) is 0.294. The third-order valence-electron chi connectivity index (χ3n) is 4.14. The molecule has 2 aromatic carbocycles. The van der Waals surface area contributed by atoms with Gasteiger partial charge in [0.15, 0.2) is 0 Å². The van der Waals surface area contributed by atoms with Crippen molar-refractivity contribution in [1.82, 2.24) is 5.32 Å². The van der Waals surface area contributed by atoms with Crippen LogP contribution in [0.1, 0.15) is 29.4 Å². The van der Waals surface area contributed by atoms with Crippen molar-refractivity contribution in [3.05, 3.63) is 70.2 Å². The van der Waals surface area contributed by atoms with Crippen LogP contribution in [0.15, 0.2) is 42.5 Å². The minimum Gasteiger partial charge on any atom is -0.316 e. The molecule has 0 aliphatic carbocycles. The Morgan fingerprint density at radius 2 is 1.86 bits per heavy atom. The molecule has 1 N–H and O–H groups in total. The molecule has 1 aliphatic heterocycles. The SMILES string of the molecule is Fc1cccc(C2CNCCC2c2cccc(Cl)c2F)c1. The maximum Gasteiger partial charge on any atom is 0.145 e. The van der Waals surface area contributed by atoms with Crippen molar-refractivity contribution in [2.75, 3.05) is 13.1 Å². The summed E-state index contributed by atoms with van der Waals surface area (Å²) in [5.41, 5.74) is 1.52. The highest BCUT2D eigenvalue weighted by Gasteiger charge is 2.30. The number of hydrogen-bond donors (Lipinski definition) is 1. The molecular formula is C17H16ClF2N. The molecule has 2 unspecified atom stereocenters. The average Bonchev–Trinajstić information content (AvgIpc) is 2.50. The highest BCUT2D eigenvalue weighted by molar-refractivity contribution is 6.30. The van der Waals surface area contributed by atoms with E-state index in [-0.39, 0.29) is 28.5 Å². The average molecular weight is 308 g/mol. The van der Waals surface area contributed by atoms with Crippen molar-refractivity contribution in [3.8, 4) is 0 Å². The second kappa shape index (κ2) is 6.12. The molecule has 0 spiro atoms. The number of rotatable bonds is 2. The largest absolute Gasteiger partial charge is 0.316 e. The van der Waals surface area contributed by atoms with Crippen LogP contribution in [0, 0.1) is 11.6 Å². The first-order valence-corrected chi connectivity index (χ1v) is 7.44. The number of nitrogens with one attached hydrogen (secondary N) is 1. The Labute approximate surface area is 127 Å². The quantitative estimate of drug-likeness (QED) is 0.862. The molecule has 0 amide bonds. The Kier molecular flexibility index (Phi) is 4.22. The van der Waals surface area contributed by atoms with Crippen molar-refractivity contribution in [1.29, 1.82) is 0 Å². The van der Waals surface area contributed by atoms with Gasteiger partial charge in [-0.3, -0.25) is 0 Å². The van der Waals surface area contributed by atoms with Crippen LogP contribution in [0.2, 0.25) is 5.02 Å². The van der Waals surface area contributed by atoms with E-state index in [4.69, 9.17) is 11.6 Å². The summed E-state index contributed by atoms with van der Waals surface area (Å²) in [6, 6.07) is 11.7. The molecule has 1 saturated heterocycles. The van der Waals surface area contributed by atoms with Crippen LogP contribution in [0.5, 0.6) is 0 Å². The zero-order valence-corrected chi connectivity index (χ0v) is 12.2. The van der Waals surface area contributed by atoms with Crippen molar-refractivity contribution in [2.24, 2.45) is 0 Å². The molecule has 1 heterocycles. The number of hydrogen-bond acceptors (Lipinski definition) is 1. The predicted octanol–water partition coefficient (Wildman–Crippen LogP) is 4.48. The van der Waals surface area contributed by atoms with Gasteiger partial charge >= 0.3 is 0 Å². The van der Waals surface area contributed by atoms with E-state index < -0.39 is 0 Å². The summed E-state index contributed by atoms with van der Waals surface area (Å²) in [5, 5.41) is 3.45. The molecular weight excluding hydrogens is 292 g/mol. The van der Waals surface area contributed by atoms with Crippen LogP contribution in [0.25, 0.3) is 0 Å². The lowest BCUT2D eigenvalue weighted by Crippen LogP contribution is -2.34. The summed E-state index contributed by atoms with van der Waals surface area (Å²) >= 11 is 5.90. The molecule has 21 heavy (non-hydrogen) atoms. The molecule has 4 heteroatoms. The van der Waals surface area contributed by atoms with Crippen molar-refractivity contribution in [3.63, 3.8) is 0 Å². The second-order valence-electron chi connectivity index (χ2n) is 5.40. The summed E-state index contributed by atoms with van der Waals surface area (Å²) in [6.07, 6.45) is 0.804. The fourth-order valence-electron chi connectivity index (χ4n) is 3.13. The molecule has 1 aliphatic rings. The smallest absolute Gasteiger partial charge is 0.145 e. The summed E-state index contributed by atoms with van der Waals surface area (Å²) < 4.78 is 27.8. The zero-order chi connectivity index (χ0) is 14.8. The zero-order valence-electron chi connectivity index (χ0n) is 11.5. The first-order chi connectivity index (χ1) is 10.2. The van der Waals surface area contributed by atoms with Crippen LogP contribution in [-0.2, 0) is 0 Å². The van der Waals surface area contributed by atoms with Crippen molar-refractivity contribution in [2.45, 2.75) is 18.3 Å². The molecule has 2 atom stereocenters. The van der Waals surface area contributed by atoms with E-state index in [9.17, 15) is 8.78 Å². The molecule has 1 fully saturated rings. The summed E-state index contributed by atoms with van der Waals surface area (Å²) in [7, 11) is 0. The van der Waals surface area contributed by atoms with Gasteiger partial charge in [0.05, 0.1) is 5.02 Å². The Morgan fingerprint density at radius 3 is 2.67 bits per heavy atom. The lowest BCUT2D eigenvalue weighted by Gasteiger charge is -2.33. The Morgan fingerprint density at radius 1 is 1.05 bits per heavy atom. The summed E-state index contributed by atoms with van der Waals surface area (Å²) in [5.74, 6) is -0.565. The minimum atomic E-state index is -0.354. The second-order valence-corrected chi connectivity index (χ2v) is 5.81. The molecule has 0 saturated carbocycles. The number of halogens is 3. The maximum atomic E-state index is 14.3. The third kappa shape index (κ3) is 2.94. The lowest BCUT2D eigenvalue weighted by molar-refractivity contribution is 0.392. The Hall–Kier alpha value is -1.45. The van der Waals surface area contributed by atoms with Crippen LogP contribution in [0.3, 0.4) is 0 Å². The Bertz CT molecular complexity index is 644. The first kappa shape index (κ1) is 14.5. The van der Waals surface area contributed by atoms with Gasteiger partial charge < -0.3 is 5.32 Å². The highest BCUT2D eigenvalue weighted by Crippen LogP contribution is 2.39. The van der Waals surface area contributed by atoms with Crippen LogP contribution in [0.4, 0.5) is 8.78 Å². The van der Waals surface area contributed by atoms with Gasteiger partial charge in [0.1, 0.15) is 11.6 Å². The van der Waals surface area contributed by atoms with Gasteiger partial charge in [-0.25, -0.2) is 8.78 Å². The van der Waals surface area contributed by atoms with E-state index in [0.29, 0.717) is 12.1 Å². The maximum absolute atomic E-state index is 14.3. The first-order valence-electron chi connectivity index (χ1n) is 7.07. The van der Waals surface area contributed by atoms with Crippen LogP contribution < -0.4 is 5.32 Å².